The van der Waals surface area contributed by atoms with Crippen molar-refractivity contribution in [1.29, 1.82) is 0 Å². The molecule has 0 aromatic heterocycles. The third kappa shape index (κ3) is 2.87. The molecule has 0 bridgehead atoms. The Morgan fingerprint density at radius 2 is 1.84 bits per heavy atom. The molecule has 0 spiro atoms. The fourth-order valence-corrected chi connectivity index (χ4v) is 4.34. The molecule has 1 aromatic carbocycles. The standard InChI is InChI=1S/C16H20INO/c17-14-5-2-1-4-13(14)12-8-10-18(11-9-12)15-6-3-7-16(15)19/h1-2,4-5,12,15H,3,6-11H2/i17-4. The molecule has 102 valence electrons. The van der Waals surface area contributed by atoms with E-state index in [-0.39, 0.29) is 6.04 Å². The number of likely N-dealkylation sites (tertiary alicyclic amines) is 1. The highest BCUT2D eigenvalue weighted by molar-refractivity contribution is 14.1. The van der Waals surface area contributed by atoms with E-state index in [2.05, 4.69) is 51.8 Å². The molecule has 1 atom stereocenters. The summed E-state index contributed by atoms with van der Waals surface area (Å²) in [5, 5.41) is 0. The van der Waals surface area contributed by atoms with Gasteiger partial charge in [-0.15, -0.1) is 0 Å². The Morgan fingerprint density at radius 3 is 2.47 bits per heavy atom. The van der Waals surface area contributed by atoms with Crippen LogP contribution >= 0.6 is 22.6 Å². The fourth-order valence-electron chi connectivity index (χ4n) is 3.51. The van der Waals surface area contributed by atoms with E-state index in [4.69, 9.17) is 0 Å². The predicted octanol–water partition coefficient (Wildman–Crippen LogP) is 3.59. The second-order valence-electron chi connectivity index (χ2n) is 5.71. The van der Waals surface area contributed by atoms with E-state index in [0.717, 1.165) is 32.4 Å². The van der Waals surface area contributed by atoms with Gasteiger partial charge in [-0.3, -0.25) is 9.69 Å². The van der Waals surface area contributed by atoms with E-state index in [1.165, 1.54) is 22.0 Å². The lowest BCUT2D eigenvalue weighted by Crippen LogP contribution is -2.43. The minimum absolute atomic E-state index is 0.246. The molecule has 0 radical (unpaired) electrons. The van der Waals surface area contributed by atoms with E-state index in [1.54, 1.807) is 0 Å². The average Bonchev–Trinajstić information content (AvgIpc) is 2.86. The zero-order valence-corrected chi connectivity index (χ0v) is 13.3. The van der Waals surface area contributed by atoms with Crippen molar-refractivity contribution in [2.75, 3.05) is 13.1 Å². The number of halogens is 1. The summed E-state index contributed by atoms with van der Waals surface area (Å²) in [4.78, 5) is 14.3. The summed E-state index contributed by atoms with van der Waals surface area (Å²) in [5.41, 5.74) is 1.50. The van der Waals surface area contributed by atoms with Gasteiger partial charge in [0, 0.05) is 9.99 Å². The predicted molar refractivity (Wildman–Crippen MR) is 85.4 cm³/mol. The maximum Gasteiger partial charge on any atom is 0.149 e. The van der Waals surface area contributed by atoms with Gasteiger partial charge in [-0.05, 0) is 78.9 Å². The van der Waals surface area contributed by atoms with Crippen LogP contribution in [0.15, 0.2) is 24.3 Å². The number of hydrogen-bond acceptors (Lipinski definition) is 2. The summed E-state index contributed by atoms with van der Waals surface area (Å²) in [6, 6.07) is 8.96. The quantitative estimate of drug-likeness (QED) is 0.747. The van der Waals surface area contributed by atoms with Crippen LogP contribution in [0, 0.1) is 3.57 Å². The molecule has 3 heteroatoms. The zero-order valence-electron chi connectivity index (χ0n) is 11.1. The summed E-state index contributed by atoms with van der Waals surface area (Å²) in [6.45, 7) is 2.18. The van der Waals surface area contributed by atoms with Crippen molar-refractivity contribution in [1.82, 2.24) is 4.90 Å². The summed E-state index contributed by atoms with van der Waals surface area (Å²) in [5.74, 6) is 1.16. The van der Waals surface area contributed by atoms with Gasteiger partial charge in [-0.2, -0.15) is 0 Å². The Morgan fingerprint density at radius 1 is 1.11 bits per heavy atom. The van der Waals surface area contributed by atoms with Gasteiger partial charge in [0.25, 0.3) is 0 Å². The van der Waals surface area contributed by atoms with Crippen LogP contribution in [0.4, 0.5) is 0 Å². The van der Waals surface area contributed by atoms with Crippen molar-refractivity contribution in [2.45, 2.75) is 44.1 Å². The summed E-state index contributed by atoms with van der Waals surface area (Å²) < 4.78 is 1.38. The number of benzene rings is 1. The molecule has 0 amide bonds. The summed E-state index contributed by atoms with van der Waals surface area (Å²) >= 11 is 2.44. The molecule has 1 saturated carbocycles. The average molecular weight is 365 g/mol. The first-order chi connectivity index (χ1) is 9.25. The van der Waals surface area contributed by atoms with E-state index >= 15 is 0 Å². The topological polar surface area (TPSA) is 20.3 Å². The number of hydrogen-bond donors (Lipinski definition) is 0. The molecular weight excluding hydrogens is 345 g/mol. The second-order valence-corrected chi connectivity index (χ2v) is 6.87. The van der Waals surface area contributed by atoms with Crippen LogP contribution in [-0.4, -0.2) is 29.8 Å². The highest BCUT2D eigenvalue weighted by Crippen LogP contribution is 2.33. The van der Waals surface area contributed by atoms with E-state index in [9.17, 15) is 4.79 Å². The van der Waals surface area contributed by atoms with E-state index < -0.39 is 0 Å². The van der Waals surface area contributed by atoms with Crippen LogP contribution in [0.25, 0.3) is 0 Å². The lowest BCUT2D eigenvalue weighted by Gasteiger charge is -2.35. The SMILES string of the molecule is O=C1CCCC1N1CCC(c2ccccc2[123I])CC1. The van der Waals surface area contributed by atoms with Crippen molar-refractivity contribution in [2.24, 2.45) is 0 Å². The summed E-state index contributed by atoms with van der Waals surface area (Å²) in [7, 11) is 0. The van der Waals surface area contributed by atoms with Gasteiger partial charge in [0.05, 0.1) is 6.04 Å². The molecular formula is C16H20INO. The number of carbonyl (C=O) groups is 1. The Hall–Kier alpha value is -0.420. The molecule has 2 fully saturated rings. The monoisotopic (exact) mass is 365 g/mol. The molecule has 1 unspecified atom stereocenters. The van der Waals surface area contributed by atoms with Crippen molar-refractivity contribution in [3.63, 3.8) is 0 Å². The van der Waals surface area contributed by atoms with Crippen molar-refractivity contribution in [3.8, 4) is 0 Å². The molecule has 1 aliphatic carbocycles. The maximum atomic E-state index is 11.8. The van der Waals surface area contributed by atoms with Gasteiger partial charge in [0.2, 0.25) is 0 Å². The maximum absolute atomic E-state index is 11.8. The lowest BCUT2D eigenvalue weighted by molar-refractivity contribution is -0.122. The minimum atomic E-state index is 0.246. The van der Waals surface area contributed by atoms with Crippen LogP contribution in [0.3, 0.4) is 0 Å². The van der Waals surface area contributed by atoms with E-state index in [1.807, 2.05) is 0 Å². The van der Waals surface area contributed by atoms with Crippen molar-refractivity contribution >= 4 is 28.4 Å². The largest absolute Gasteiger partial charge is 0.298 e. The van der Waals surface area contributed by atoms with Gasteiger partial charge in [-0.1, -0.05) is 18.2 Å². The molecule has 19 heavy (non-hydrogen) atoms. The molecule has 2 aliphatic rings. The Kier molecular flexibility index (Phi) is 4.22. The van der Waals surface area contributed by atoms with Crippen LogP contribution in [0.2, 0.25) is 0 Å². The third-order valence-electron chi connectivity index (χ3n) is 4.59. The van der Waals surface area contributed by atoms with Crippen LogP contribution in [0.1, 0.15) is 43.6 Å². The Bertz CT molecular complexity index is 466. The first kappa shape index (κ1) is 13.6. The number of Topliss-reactive ketones (excluding diaryl/α,β-unsaturated/α-hetero) is 1. The summed E-state index contributed by atoms with van der Waals surface area (Å²) in [6.07, 6.45) is 5.39. The smallest absolute Gasteiger partial charge is 0.149 e. The molecule has 1 aliphatic heterocycles. The van der Waals surface area contributed by atoms with Gasteiger partial charge < -0.3 is 0 Å². The minimum Gasteiger partial charge on any atom is -0.298 e. The third-order valence-corrected chi connectivity index (χ3v) is 5.57. The van der Waals surface area contributed by atoms with Crippen LogP contribution < -0.4 is 0 Å². The van der Waals surface area contributed by atoms with Crippen molar-refractivity contribution < 1.29 is 4.79 Å². The number of nitrogens with zero attached hydrogens (tertiary/aromatic N) is 1. The first-order valence-corrected chi connectivity index (χ1v) is 8.35. The number of piperidine rings is 1. The van der Waals surface area contributed by atoms with Gasteiger partial charge in [0.1, 0.15) is 5.78 Å². The molecule has 0 N–H and O–H groups in total. The molecule has 1 heterocycles. The Balaban J connectivity index is 1.63. The van der Waals surface area contributed by atoms with E-state index in [0.29, 0.717) is 11.7 Å². The van der Waals surface area contributed by atoms with Gasteiger partial charge in [-0.25, -0.2) is 0 Å². The van der Waals surface area contributed by atoms with Crippen LogP contribution in [-0.2, 0) is 4.79 Å². The number of rotatable bonds is 2. The first-order valence-electron chi connectivity index (χ1n) is 7.27. The zero-order chi connectivity index (χ0) is 13.2. The van der Waals surface area contributed by atoms with Gasteiger partial charge in [0.15, 0.2) is 0 Å². The normalized spacial score (nSPS) is 25.9. The second kappa shape index (κ2) is 5.92. The Labute approximate surface area is 128 Å². The number of carbonyl (C=O) groups excluding carboxylic acids is 1. The highest BCUT2D eigenvalue weighted by atomic mass is 123. The number of ketones is 1. The van der Waals surface area contributed by atoms with Crippen molar-refractivity contribution in [3.05, 3.63) is 33.4 Å². The lowest BCUT2D eigenvalue weighted by atomic mass is 9.89. The highest BCUT2D eigenvalue weighted by Gasteiger charge is 2.33. The molecule has 3 rings (SSSR count). The molecule has 1 aromatic rings. The molecule has 1 saturated heterocycles. The van der Waals surface area contributed by atoms with Crippen LogP contribution in [0.5, 0.6) is 0 Å². The molecule has 2 nitrogen and oxygen atoms in total. The fraction of sp³-hybridized carbons (Fsp3) is 0.562. The van der Waals surface area contributed by atoms with Gasteiger partial charge >= 0.3 is 0 Å².